The summed E-state index contributed by atoms with van der Waals surface area (Å²) in [6.07, 6.45) is 1.43. The lowest BCUT2D eigenvalue weighted by molar-refractivity contribution is -0.136. The van der Waals surface area contributed by atoms with Crippen LogP contribution >= 0.6 is 0 Å². The highest BCUT2D eigenvalue weighted by Gasteiger charge is 2.14. The molecule has 0 saturated carbocycles. The first-order valence-corrected chi connectivity index (χ1v) is 8.14. The largest absolute Gasteiger partial charge is 0.486 e. The van der Waals surface area contributed by atoms with Gasteiger partial charge in [0.25, 0.3) is 0 Å². The fourth-order valence-corrected chi connectivity index (χ4v) is 2.36. The molecule has 134 valence electrons. The van der Waals surface area contributed by atoms with Crippen molar-refractivity contribution in [3.8, 4) is 11.5 Å². The van der Waals surface area contributed by atoms with Crippen LogP contribution < -0.4 is 20.2 Å². The third kappa shape index (κ3) is 4.18. The zero-order valence-corrected chi connectivity index (χ0v) is 14.5. The number of nitrogens with zero attached hydrogens (tertiary/aromatic N) is 1. The molecule has 1 heterocycles. The lowest BCUT2D eigenvalue weighted by Gasteiger charge is -2.18. The number of hydrogen-bond donors (Lipinski definition) is 2. The molecule has 0 saturated heterocycles. The molecular weight excluding hydrogens is 334 g/mol. The fourth-order valence-electron chi connectivity index (χ4n) is 2.36. The van der Waals surface area contributed by atoms with Crippen molar-refractivity contribution in [1.29, 1.82) is 0 Å². The van der Waals surface area contributed by atoms with Gasteiger partial charge >= 0.3 is 11.8 Å². The van der Waals surface area contributed by atoms with Gasteiger partial charge in [0.15, 0.2) is 11.5 Å². The predicted octanol–water partition coefficient (Wildman–Crippen LogP) is 2.16. The van der Waals surface area contributed by atoms with Gasteiger partial charge in [-0.3, -0.25) is 9.59 Å². The molecule has 7 nitrogen and oxygen atoms in total. The SMILES string of the molecule is Cc1ccc(NC(=O)C(=O)N/N=C\c2ccc3c(c2)OCCO3)cc1C. The molecule has 2 aromatic carbocycles. The summed E-state index contributed by atoms with van der Waals surface area (Å²) in [7, 11) is 0. The van der Waals surface area contributed by atoms with Gasteiger partial charge in [0, 0.05) is 5.69 Å². The van der Waals surface area contributed by atoms with Crippen LogP contribution in [0.25, 0.3) is 0 Å². The van der Waals surface area contributed by atoms with Gasteiger partial charge in [0.2, 0.25) is 0 Å². The van der Waals surface area contributed by atoms with E-state index in [2.05, 4.69) is 15.8 Å². The van der Waals surface area contributed by atoms with Crippen LogP contribution in [-0.2, 0) is 9.59 Å². The predicted molar refractivity (Wildman–Crippen MR) is 97.7 cm³/mol. The average molecular weight is 353 g/mol. The second-order valence-corrected chi connectivity index (χ2v) is 5.86. The second-order valence-electron chi connectivity index (χ2n) is 5.86. The lowest BCUT2D eigenvalue weighted by Crippen LogP contribution is -2.32. The van der Waals surface area contributed by atoms with Crippen LogP contribution in [0.2, 0.25) is 0 Å². The number of carbonyl (C=O) groups is 2. The minimum absolute atomic E-state index is 0.489. The number of hydrogen-bond acceptors (Lipinski definition) is 5. The van der Waals surface area contributed by atoms with Crippen LogP contribution in [0.15, 0.2) is 41.5 Å². The zero-order valence-electron chi connectivity index (χ0n) is 14.5. The maximum Gasteiger partial charge on any atom is 0.329 e. The molecule has 0 aliphatic carbocycles. The summed E-state index contributed by atoms with van der Waals surface area (Å²) in [6, 6.07) is 10.7. The van der Waals surface area contributed by atoms with E-state index < -0.39 is 11.8 Å². The van der Waals surface area contributed by atoms with E-state index in [1.54, 1.807) is 30.3 Å². The molecule has 1 aliphatic rings. The maximum absolute atomic E-state index is 11.9. The number of benzene rings is 2. The van der Waals surface area contributed by atoms with Crippen LogP contribution in [-0.4, -0.2) is 31.2 Å². The van der Waals surface area contributed by atoms with Gasteiger partial charge in [0.1, 0.15) is 13.2 Å². The van der Waals surface area contributed by atoms with Crippen molar-refractivity contribution >= 4 is 23.7 Å². The number of fused-ring (bicyclic) bond motifs is 1. The standard InChI is InChI=1S/C19H19N3O4/c1-12-3-5-15(9-13(12)2)21-18(23)19(24)22-20-11-14-4-6-16-17(10-14)26-8-7-25-16/h3-6,9-11H,7-8H2,1-2H3,(H,21,23)(H,22,24)/b20-11-. The van der Waals surface area contributed by atoms with E-state index in [4.69, 9.17) is 9.47 Å². The molecule has 0 radical (unpaired) electrons. The quantitative estimate of drug-likeness (QED) is 0.503. The van der Waals surface area contributed by atoms with Crippen molar-refractivity contribution < 1.29 is 19.1 Å². The van der Waals surface area contributed by atoms with Crippen LogP contribution in [0.3, 0.4) is 0 Å². The Morgan fingerprint density at radius 1 is 0.962 bits per heavy atom. The number of rotatable bonds is 3. The van der Waals surface area contributed by atoms with Gasteiger partial charge in [-0.05, 0) is 60.9 Å². The molecule has 26 heavy (non-hydrogen) atoms. The number of ether oxygens (including phenoxy) is 2. The third-order valence-electron chi connectivity index (χ3n) is 3.92. The van der Waals surface area contributed by atoms with Crippen molar-refractivity contribution in [1.82, 2.24) is 5.43 Å². The Balaban J connectivity index is 1.56. The molecule has 0 atom stereocenters. The highest BCUT2D eigenvalue weighted by atomic mass is 16.6. The number of aryl methyl sites for hydroxylation is 2. The maximum atomic E-state index is 11.9. The van der Waals surface area contributed by atoms with Crippen molar-refractivity contribution in [3.05, 3.63) is 53.1 Å². The summed E-state index contributed by atoms with van der Waals surface area (Å²) in [6.45, 7) is 4.91. The van der Waals surface area contributed by atoms with E-state index >= 15 is 0 Å². The van der Waals surface area contributed by atoms with Crippen LogP contribution in [0, 0.1) is 13.8 Å². The highest BCUT2D eigenvalue weighted by Crippen LogP contribution is 2.30. The van der Waals surface area contributed by atoms with Crippen LogP contribution in [0.1, 0.15) is 16.7 Å². The molecule has 0 bridgehead atoms. The first-order chi connectivity index (χ1) is 12.5. The molecule has 0 aromatic heterocycles. The Morgan fingerprint density at radius 2 is 1.73 bits per heavy atom. The Morgan fingerprint density at radius 3 is 2.50 bits per heavy atom. The van der Waals surface area contributed by atoms with E-state index in [1.807, 2.05) is 19.9 Å². The molecule has 0 unspecified atom stereocenters. The van der Waals surface area contributed by atoms with Crippen LogP contribution in [0.5, 0.6) is 11.5 Å². The van der Waals surface area contributed by atoms with Gasteiger partial charge in [0.05, 0.1) is 6.21 Å². The topological polar surface area (TPSA) is 89.0 Å². The Labute approximate surface area is 151 Å². The van der Waals surface area contributed by atoms with Crippen molar-refractivity contribution in [2.45, 2.75) is 13.8 Å². The highest BCUT2D eigenvalue weighted by molar-refractivity contribution is 6.39. The van der Waals surface area contributed by atoms with E-state index in [9.17, 15) is 9.59 Å². The Kier molecular flexibility index (Phi) is 5.17. The number of hydrazone groups is 1. The van der Waals surface area contributed by atoms with E-state index in [-0.39, 0.29) is 0 Å². The number of carbonyl (C=O) groups excluding carboxylic acids is 2. The number of amides is 2. The smallest absolute Gasteiger partial charge is 0.329 e. The lowest BCUT2D eigenvalue weighted by atomic mass is 10.1. The number of nitrogens with one attached hydrogen (secondary N) is 2. The summed E-state index contributed by atoms with van der Waals surface area (Å²) in [4.78, 5) is 23.7. The summed E-state index contributed by atoms with van der Waals surface area (Å²) in [5.41, 5.74) is 5.61. The van der Waals surface area contributed by atoms with Crippen LogP contribution in [0.4, 0.5) is 5.69 Å². The molecule has 1 aliphatic heterocycles. The molecule has 2 N–H and O–H groups in total. The number of anilines is 1. The van der Waals surface area contributed by atoms with Crippen molar-refractivity contribution in [2.24, 2.45) is 5.10 Å². The van der Waals surface area contributed by atoms with E-state index in [0.717, 1.165) is 11.1 Å². The van der Waals surface area contributed by atoms with Gasteiger partial charge in [-0.2, -0.15) is 5.10 Å². The first-order valence-electron chi connectivity index (χ1n) is 8.14. The van der Waals surface area contributed by atoms with Gasteiger partial charge in [-0.1, -0.05) is 6.07 Å². The minimum atomic E-state index is -0.850. The van der Waals surface area contributed by atoms with E-state index in [1.165, 1.54) is 6.21 Å². The second kappa shape index (κ2) is 7.69. The fraction of sp³-hybridized carbons (Fsp3) is 0.211. The minimum Gasteiger partial charge on any atom is -0.486 e. The van der Waals surface area contributed by atoms with Gasteiger partial charge in [-0.15, -0.1) is 0 Å². The van der Waals surface area contributed by atoms with E-state index in [0.29, 0.717) is 36.0 Å². The zero-order chi connectivity index (χ0) is 18.5. The monoisotopic (exact) mass is 353 g/mol. The van der Waals surface area contributed by atoms with Gasteiger partial charge in [-0.25, -0.2) is 5.43 Å². The summed E-state index contributed by atoms with van der Waals surface area (Å²) in [5, 5.41) is 6.34. The average Bonchev–Trinajstić information content (AvgIpc) is 2.64. The first kappa shape index (κ1) is 17.5. The summed E-state index contributed by atoms with van der Waals surface area (Å²) < 4.78 is 10.9. The Hall–Kier alpha value is -3.35. The molecule has 7 heteroatoms. The normalized spacial score (nSPS) is 12.7. The Bertz CT molecular complexity index is 877. The molecular formula is C19H19N3O4. The summed E-state index contributed by atoms with van der Waals surface area (Å²) in [5.74, 6) is -0.339. The molecule has 0 fully saturated rings. The molecule has 2 amide bonds. The van der Waals surface area contributed by atoms with Crippen molar-refractivity contribution in [2.75, 3.05) is 18.5 Å². The molecule has 3 rings (SSSR count). The summed E-state index contributed by atoms with van der Waals surface area (Å²) >= 11 is 0. The molecule has 2 aromatic rings. The molecule has 0 spiro atoms. The third-order valence-corrected chi connectivity index (χ3v) is 3.92. The van der Waals surface area contributed by atoms with Gasteiger partial charge < -0.3 is 14.8 Å². The van der Waals surface area contributed by atoms with Crippen molar-refractivity contribution in [3.63, 3.8) is 0 Å².